The van der Waals surface area contributed by atoms with E-state index in [1.807, 2.05) is 6.07 Å². The summed E-state index contributed by atoms with van der Waals surface area (Å²) in [5.41, 5.74) is 0. The van der Waals surface area contributed by atoms with Crippen LogP contribution in [0.2, 0.25) is 0 Å². The Balaban J connectivity index is 0.00000300. The van der Waals surface area contributed by atoms with Gasteiger partial charge in [-0.05, 0) is 70.5 Å². The zero-order chi connectivity index (χ0) is 19.8. The molecular formula is C21H34IN5OS. The minimum atomic E-state index is 0. The summed E-state index contributed by atoms with van der Waals surface area (Å²) in [7, 11) is 4.24. The third-order valence-corrected chi connectivity index (χ3v) is 6.15. The number of halogens is 1. The minimum Gasteiger partial charge on any atom is -0.468 e. The van der Waals surface area contributed by atoms with E-state index in [2.05, 4.69) is 65.0 Å². The van der Waals surface area contributed by atoms with Crippen molar-refractivity contribution in [2.45, 2.75) is 31.8 Å². The lowest BCUT2D eigenvalue weighted by atomic mass is 10.2. The average Bonchev–Trinajstić information content (AvgIpc) is 3.45. The Morgan fingerprint density at radius 2 is 2.03 bits per heavy atom. The summed E-state index contributed by atoms with van der Waals surface area (Å²) >= 11 is 1.80. The van der Waals surface area contributed by atoms with Crippen LogP contribution in [-0.2, 0) is 0 Å². The number of hydrogen-bond donors (Lipinski definition) is 2. The van der Waals surface area contributed by atoms with Gasteiger partial charge in [-0.15, -0.1) is 35.3 Å². The van der Waals surface area contributed by atoms with E-state index in [-0.39, 0.29) is 30.0 Å². The van der Waals surface area contributed by atoms with Crippen molar-refractivity contribution in [3.05, 3.63) is 46.5 Å². The lowest BCUT2D eigenvalue weighted by Crippen LogP contribution is -2.42. The molecule has 3 heterocycles. The Morgan fingerprint density at radius 1 is 1.24 bits per heavy atom. The fraction of sp³-hybridized carbons (Fsp3) is 0.571. The molecule has 1 aliphatic heterocycles. The van der Waals surface area contributed by atoms with Gasteiger partial charge in [0, 0.05) is 18.0 Å². The Morgan fingerprint density at radius 3 is 2.62 bits per heavy atom. The number of guanidine groups is 1. The summed E-state index contributed by atoms with van der Waals surface area (Å²) in [6.45, 7) is 6.68. The van der Waals surface area contributed by atoms with Gasteiger partial charge in [0.05, 0.1) is 24.9 Å². The van der Waals surface area contributed by atoms with E-state index in [9.17, 15) is 0 Å². The smallest absolute Gasteiger partial charge is 0.191 e. The van der Waals surface area contributed by atoms with Crippen LogP contribution in [0.15, 0.2) is 45.3 Å². The van der Waals surface area contributed by atoms with Crippen LogP contribution in [0.1, 0.15) is 42.5 Å². The van der Waals surface area contributed by atoms with Gasteiger partial charge in [-0.3, -0.25) is 9.89 Å². The number of likely N-dealkylation sites (N-methyl/N-ethyl adjacent to an activating group) is 1. The number of hydrogen-bond acceptors (Lipinski definition) is 5. The van der Waals surface area contributed by atoms with Crippen molar-refractivity contribution in [2.24, 2.45) is 4.99 Å². The highest BCUT2D eigenvalue weighted by Gasteiger charge is 2.25. The molecule has 2 aromatic heterocycles. The van der Waals surface area contributed by atoms with Gasteiger partial charge in [-0.2, -0.15) is 0 Å². The summed E-state index contributed by atoms with van der Waals surface area (Å²) in [6, 6.07) is 8.87. The predicted molar refractivity (Wildman–Crippen MR) is 132 cm³/mol. The Hall–Kier alpha value is -1.10. The Kier molecular flexibility index (Phi) is 10.5. The first-order valence-electron chi connectivity index (χ1n) is 10.2. The first-order chi connectivity index (χ1) is 13.7. The second-order valence-corrected chi connectivity index (χ2v) is 8.35. The maximum atomic E-state index is 5.72. The first-order valence-corrected chi connectivity index (χ1v) is 11.1. The van der Waals surface area contributed by atoms with Crippen molar-refractivity contribution in [3.63, 3.8) is 0 Å². The van der Waals surface area contributed by atoms with Crippen LogP contribution in [0.5, 0.6) is 0 Å². The number of likely N-dealkylation sites (tertiary alicyclic amines) is 1. The molecule has 3 rings (SSSR count). The van der Waals surface area contributed by atoms with Crippen LogP contribution in [-0.4, -0.2) is 62.6 Å². The molecule has 162 valence electrons. The van der Waals surface area contributed by atoms with E-state index in [1.54, 1.807) is 17.6 Å². The molecule has 0 aliphatic carbocycles. The maximum Gasteiger partial charge on any atom is 0.191 e. The quantitative estimate of drug-likeness (QED) is 0.292. The number of aliphatic imine (C=N–C) groups is 1. The monoisotopic (exact) mass is 531 g/mol. The van der Waals surface area contributed by atoms with E-state index < -0.39 is 0 Å². The van der Waals surface area contributed by atoms with Crippen LogP contribution in [0, 0.1) is 0 Å². The van der Waals surface area contributed by atoms with E-state index in [4.69, 9.17) is 9.41 Å². The number of nitrogens with one attached hydrogen (secondary N) is 2. The van der Waals surface area contributed by atoms with Crippen LogP contribution >= 0.6 is 35.3 Å². The summed E-state index contributed by atoms with van der Waals surface area (Å²) in [5.74, 6) is 1.87. The van der Waals surface area contributed by atoms with Crippen molar-refractivity contribution in [1.82, 2.24) is 20.4 Å². The molecule has 1 saturated heterocycles. The summed E-state index contributed by atoms with van der Waals surface area (Å²) in [5, 5.41) is 9.06. The lowest BCUT2D eigenvalue weighted by Gasteiger charge is -2.26. The zero-order valence-corrected chi connectivity index (χ0v) is 20.8. The SMILES string of the molecule is CCNC(=NCC(c1ccco1)N1CCCC1)NCC(c1cccs1)N(C)C.I. The second kappa shape index (κ2) is 12.6. The molecule has 2 aromatic rings. The van der Waals surface area contributed by atoms with Gasteiger partial charge in [0.2, 0.25) is 0 Å². The molecule has 0 radical (unpaired) electrons. The van der Waals surface area contributed by atoms with Crippen LogP contribution in [0.25, 0.3) is 0 Å². The van der Waals surface area contributed by atoms with Crippen LogP contribution in [0.4, 0.5) is 0 Å². The average molecular weight is 532 g/mol. The lowest BCUT2D eigenvalue weighted by molar-refractivity contribution is 0.221. The summed E-state index contributed by atoms with van der Waals surface area (Å²) < 4.78 is 5.72. The summed E-state index contributed by atoms with van der Waals surface area (Å²) in [4.78, 5) is 11.0. The number of rotatable bonds is 9. The van der Waals surface area contributed by atoms with Crippen molar-refractivity contribution in [3.8, 4) is 0 Å². The van der Waals surface area contributed by atoms with Crippen LogP contribution in [0.3, 0.4) is 0 Å². The molecule has 6 nitrogen and oxygen atoms in total. The van der Waals surface area contributed by atoms with Gasteiger partial charge >= 0.3 is 0 Å². The third kappa shape index (κ3) is 6.97. The number of furan rings is 1. The summed E-state index contributed by atoms with van der Waals surface area (Å²) in [6.07, 6.45) is 4.27. The predicted octanol–water partition coefficient (Wildman–Crippen LogP) is 3.95. The number of thiophene rings is 1. The van der Waals surface area contributed by atoms with Gasteiger partial charge in [-0.1, -0.05) is 6.07 Å². The molecule has 0 bridgehead atoms. The highest BCUT2D eigenvalue weighted by atomic mass is 127. The standard InChI is InChI=1S/C21H33N5OS.HI/c1-4-22-21(24-16-18(25(2)3)20-10-8-14-28-20)23-15-17(19-9-7-13-27-19)26-11-5-6-12-26;/h7-10,13-14,17-18H,4-6,11-12,15-16H2,1-3H3,(H2,22,23,24);1H. The Labute approximate surface area is 195 Å². The van der Waals surface area contributed by atoms with Gasteiger partial charge in [-0.25, -0.2) is 0 Å². The van der Waals surface area contributed by atoms with Crippen molar-refractivity contribution < 1.29 is 4.42 Å². The van der Waals surface area contributed by atoms with E-state index >= 15 is 0 Å². The topological polar surface area (TPSA) is 56.0 Å². The van der Waals surface area contributed by atoms with Gasteiger partial charge in [0.1, 0.15) is 5.76 Å². The molecule has 1 fully saturated rings. The normalized spacial score (nSPS) is 17.2. The second-order valence-electron chi connectivity index (χ2n) is 7.37. The van der Waals surface area contributed by atoms with Gasteiger partial charge in [0.15, 0.2) is 5.96 Å². The van der Waals surface area contributed by atoms with E-state index in [0.29, 0.717) is 12.6 Å². The van der Waals surface area contributed by atoms with Crippen LogP contribution < -0.4 is 10.6 Å². The molecule has 0 saturated carbocycles. The third-order valence-electron chi connectivity index (χ3n) is 5.18. The minimum absolute atomic E-state index is 0. The molecule has 2 atom stereocenters. The van der Waals surface area contributed by atoms with E-state index in [1.165, 1.54) is 17.7 Å². The zero-order valence-electron chi connectivity index (χ0n) is 17.6. The van der Waals surface area contributed by atoms with Crippen molar-refractivity contribution in [1.29, 1.82) is 0 Å². The largest absolute Gasteiger partial charge is 0.468 e. The van der Waals surface area contributed by atoms with Gasteiger partial charge in [0.25, 0.3) is 0 Å². The molecular weight excluding hydrogens is 497 g/mol. The fourth-order valence-corrected chi connectivity index (χ4v) is 4.57. The van der Waals surface area contributed by atoms with Crippen molar-refractivity contribution in [2.75, 3.05) is 46.8 Å². The Bertz CT molecular complexity index is 699. The molecule has 8 heteroatoms. The molecule has 29 heavy (non-hydrogen) atoms. The van der Waals surface area contributed by atoms with E-state index in [0.717, 1.165) is 37.9 Å². The first kappa shape index (κ1) is 24.2. The number of nitrogens with zero attached hydrogens (tertiary/aromatic N) is 3. The van der Waals surface area contributed by atoms with Crippen molar-refractivity contribution >= 4 is 41.3 Å². The molecule has 0 spiro atoms. The highest BCUT2D eigenvalue weighted by molar-refractivity contribution is 14.0. The molecule has 1 aliphatic rings. The molecule has 0 aromatic carbocycles. The fourth-order valence-electron chi connectivity index (χ4n) is 3.65. The molecule has 2 N–H and O–H groups in total. The maximum absolute atomic E-state index is 5.72. The highest BCUT2D eigenvalue weighted by Crippen LogP contribution is 2.26. The molecule has 0 amide bonds. The molecule has 2 unspecified atom stereocenters. The van der Waals surface area contributed by atoms with Gasteiger partial charge < -0.3 is 20.0 Å².